The molecule has 33 heavy (non-hydrogen) atoms. The van der Waals surface area contributed by atoms with Crippen LogP contribution in [0.3, 0.4) is 0 Å². The molecule has 0 atom stereocenters. The Kier molecular flexibility index (Phi) is 6.43. The van der Waals surface area contributed by atoms with E-state index in [4.69, 9.17) is 11.6 Å². The van der Waals surface area contributed by atoms with Gasteiger partial charge in [-0.1, -0.05) is 41.9 Å². The molecule has 2 aromatic heterocycles. The zero-order valence-corrected chi connectivity index (χ0v) is 19.5. The number of nitrogens with zero attached hydrogens (tertiary/aromatic N) is 2. The van der Waals surface area contributed by atoms with Crippen LogP contribution in [0.15, 0.2) is 77.9 Å². The number of pyridine rings is 2. The molecule has 0 saturated heterocycles. The molecule has 1 amide bonds. The van der Waals surface area contributed by atoms with Crippen molar-refractivity contribution in [2.75, 3.05) is 5.32 Å². The second-order valence-electron chi connectivity index (χ2n) is 8.00. The highest BCUT2D eigenvalue weighted by Crippen LogP contribution is 2.31. The number of aryl methyl sites for hydroxylation is 2. The number of hydrogen-bond acceptors (Lipinski definition) is 3. The highest BCUT2D eigenvalue weighted by atomic mass is 35.5. The van der Waals surface area contributed by atoms with E-state index in [1.165, 1.54) is 6.07 Å². The van der Waals surface area contributed by atoms with E-state index in [2.05, 4.69) is 10.3 Å². The summed E-state index contributed by atoms with van der Waals surface area (Å²) >= 11 is 6.56. The molecule has 0 saturated carbocycles. The summed E-state index contributed by atoms with van der Waals surface area (Å²) in [4.78, 5) is 30.8. The number of halogens is 1. The molecule has 4 aromatic rings. The van der Waals surface area contributed by atoms with Gasteiger partial charge in [-0.05, 0) is 61.7 Å². The SMILES string of the molecule is Cc1cccc(NC(=O)c2c(-c3ccccc3Cl)n(Cc3ccncc3)c(C)cc2=O)c1C. The number of amides is 1. The lowest BCUT2D eigenvalue weighted by Gasteiger charge is -2.21. The zero-order valence-electron chi connectivity index (χ0n) is 18.7. The van der Waals surface area contributed by atoms with Crippen molar-refractivity contribution < 1.29 is 4.79 Å². The lowest BCUT2D eigenvalue weighted by molar-refractivity contribution is 0.102. The summed E-state index contributed by atoms with van der Waals surface area (Å²) in [5, 5.41) is 3.41. The number of anilines is 1. The van der Waals surface area contributed by atoms with Crippen LogP contribution in [0.2, 0.25) is 5.02 Å². The maximum atomic E-state index is 13.5. The first-order chi connectivity index (χ1) is 15.9. The van der Waals surface area contributed by atoms with E-state index in [0.717, 1.165) is 22.4 Å². The van der Waals surface area contributed by atoms with Crippen molar-refractivity contribution >= 4 is 23.2 Å². The van der Waals surface area contributed by atoms with Crippen LogP contribution in [0.4, 0.5) is 5.69 Å². The number of hydrogen-bond donors (Lipinski definition) is 1. The maximum Gasteiger partial charge on any atom is 0.261 e. The fraction of sp³-hybridized carbons (Fsp3) is 0.148. The lowest BCUT2D eigenvalue weighted by Crippen LogP contribution is -2.27. The predicted octanol–water partition coefficient (Wildman–Crippen LogP) is 5.79. The zero-order chi connectivity index (χ0) is 23.5. The van der Waals surface area contributed by atoms with Gasteiger partial charge >= 0.3 is 0 Å². The maximum absolute atomic E-state index is 13.5. The van der Waals surface area contributed by atoms with Crippen molar-refractivity contribution in [3.63, 3.8) is 0 Å². The molecule has 0 aliphatic heterocycles. The van der Waals surface area contributed by atoms with Crippen molar-refractivity contribution in [1.82, 2.24) is 9.55 Å². The first-order valence-corrected chi connectivity index (χ1v) is 11.0. The molecule has 2 aromatic carbocycles. The van der Waals surface area contributed by atoms with Gasteiger partial charge < -0.3 is 9.88 Å². The summed E-state index contributed by atoms with van der Waals surface area (Å²) in [6.07, 6.45) is 3.44. The van der Waals surface area contributed by atoms with Gasteiger partial charge in [0.2, 0.25) is 0 Å². The Morgan fingerprint density at radius 1 is 1.00 bits per heavy atom. The number of benzene rings is 2. The molecule has 0 aliphatic rings. The summed E-state index contributed by atoms with van der Waals surface area (Å²) in [5.74, 6) is -0.466. The molecule has 0 unspecified atom stereocenters. The highest BCUT2D eigenvalue weighted by Gasteiger charge is 2.24. The molecule has 4 rings (SSSR count). The molecular weight excluding hydrogens is 434 g/mol. The van der Waals surface area contributed by atoms with Crippen LogP contribution in [0.25, 0.3) is 11.3 Å². The summed E-state index contributed by atoms with van der Waals surface area (Å²) < 4.78 is 1.95. The van der Waals surface area contributed by atoms with Crippen LogP contribution in [-0.4, -0.2) is 15.5 Å². The van der Waals surface area contributed by atoms with Crippen molar-refractivity contribution in [2.24, 2.45) is 0 Å². The topological polar surface area (TPSA) is 64.0 Å². The number of aromatic nitrogens is 2. The molecular formula is C27H24ClN3O2. The Bertz CT molecular complexity index is 1390. The average molecular weight is 458 g/mol. The van der Waals surface area contributed by atoms with E-state index in [9.17, 15) is 9.59 Å². The van der Waals surface area contributed by atoms with Crippen molar-refractivity contribution in [1.29, 1.82) is 0 Å². The normalized spacial score (nSPS) is 10.8. The predicted molar refractivity (Wildman–Crippen MR) is 133 cm³/mol. The van der Waals surface area contributed by atoms with Gasteiger partial charge in [0.1, 0.15) is 5.56 Å². The number of carbonyl (C=O) groups is 1. The minimum atomic E-state index is -0.466. The smallest absolute Gasteiger partial charge is 0.261 e. The fourth-order valence-electron chi connectivity index (χ4n) is 3.87. The van der Waals surface area contributed by atoms with Gasteiger partial charge in [0.25, 0.3) is 5.91 Å². The van der Waals surface area contributed by atoms with E-state index in [1.807, 2.05) is 73.9 Å². The molecule has 0 spiro atoms. The monoisotopic (exact) mass is 457 g/mol. The standard InChI is InChI=1S/C27H24ClN3O2/c1-17-7-6-10-23(19(17)3)30-27(33)25-24(32)15-18(2)31(16-20-11-13-29-14-12-20)26(25)21-8-4-5-9-22(21)28/h4-15H,16H2,1-3H3,(H,30,33). The Hall–Kier alpha value is -3.70. The van der Waals surface area contributed by atoms with Gasteiger partial charge in [0.05, 0.1) is 5.69 Å². The van der Waals surface area contributed by atoms with E-state index in [-0.39, 0.29) is 11.0 Å². The largest absolute Gasteiger partial charge is 0.340 e. The molecule has 5 nitrogen and oxygen atoms in total. The van der Waals surface area contributed by atoms with E-state index < -0.39 is 5.91 Å². The number of carbonyl (C=O) groups excluding carboxylic acids is 1. The Balaban J connectivity index is 1.93. The van der Waals surface area contributed by atoms with Crippen LogP contribution in [-0.2, 0) is 6.54 Å². The second kappa shape index (κ2) is 9.43. The summed E-state index contributed by atoms with van der Waals surface area (Å²) in [5.41, 5.74) is 5.23. The van der Waals surface area contributed by atoms with Gasteiger partial charge in [-0.15, -0.1) is 0 Å². The fourth-order valence-corrected chi connectivity index (χ4v) is 4.09. The molecule has 0 bridgehead atoms. The van der Waals surface area contributed by atoms with Gasteiger partial charge in [-0.25, -0.2) is 0 Å². The third-order valence-electron chi connectivity index (χ3n) is 5.82. The van der Waals surface area contributed by atoms with Crippen LogP contribution < -0.4 is 10.7 Å². The van der Waals surface area contributed by atoms with Crippen molar-refractivity contribution in [3.05, 3.63) is 116 Å². The Morgan fingerprint density at radius 3 is 2.45 bits per heavy atom. The van der Waals surface area contributed by atoms with Crippen molar-refractivity contribution in [2.45, 2.75) is 27.3 Å². The van der Waals surface area contributed by atoms with Crippen LogP contribution in [0.1, 0.15) is 32.7 Å². The number of rotatable bonds is 5. The Morgan fingerprint density at radius 2 is 1.73 bits per heavy atom. The number of nitrogens with one attached hydrogen (secondary N) is 1. The third-order valence-corrected chi connectivity index (χ3v) is 6.15. The molecule has 0 fully saturated rings. The first kappa shape index (κ1) is 22.5. The van der Waals surface area contributed by atoms with Gasteiger partial charge in [0, 0.05) is 47.0 Å². The lowest BCUT2D eigenvalue weighted by atomic mass is 10.0. The minimum Gasteiger partial charge on any atom is -0.340 e. The summed E-state index contributed by atoms with van der Waals surface area (Å²) in [6, 6.07) is 18.3. The highest BCUT2D eigenvalue weighted by molar-refractivity contribution is 6.33. The molecule has 0 aliphatic carbocycles. The van der Waals surface area contributed by atoms with Crippen LogP contribution in [0.5, 0.6) is 0 Å². The van der Waals surface area contributed by atoms with E-state index in [0.29, 0.717) is 28.5 Å². The second-order valence-corrected chi connectivity index (χ2v) is 8.40. The third kappa shape index (κ3) is 4.59. The van der Waals surface area contributed by atoms with Gasteiger partial charge in [0.15, 0.2) is 5.43 Å². The molecule has 6 heteroatoms. The van der Waals surface area contributed by atoms with E-state index >= 15 is 0 Å². The minimum absolute atomic E-state index is 0.0589. The van der Waals surface area contributed by atoms with E-state index in [1.54, 1.807) is 18.5 Å². The summed E-state index contributed by atoms with van der Waals surface area (Å²) in [6.45, 7) is 6.23. The quantitative estimate of drug-likeness (QED) is 0.412. The Labute approximate surface area is 197 Å². The molecule has 166 valence electrons. The molecule has 1 N–H and O–H groups in total. The van der Waals surface area contributed by atoms with Crippen molar-refractivity contribution in [3.8, 4) is 11.3 Å². The van der Waals surface area contributed by atoms with Crippen LogP contribution >= 0.6 is 11.6 Å². The molecule has 2 heterocycles. The molecule has 0 radical (unpaired) electrons. The van der Waals surface area contributed by atoms with Gasteiger partial charge in [-0.2, -0.15) is 0 Å². The summed E-state index contributed by atoms with van der Waals surface area (Å²) in [7, 11) is 0. The van der Waals surface area contributed by atoms with Crippen LogP contribution in [0, 0.1) is 20.8 Å². The average Bonchev–Trinajstić information content (AvgIpc) is 2.79. The van der Waals surface area contributed by atoms with Gasteiger partial charge in [-0.3, -0.25) is 14.6 Å². The first-order valence-electron chi connectivity index (χ1n) is 10.6.